The lowest BCUT2D eigenvalue weighted by atomic mass is 10.0. The first kappa shape index (κ1) is 45.2. The van der Waals surface area contributed by atoms with Gasteiger partial charge in [-0.05, 0) is 135 Å². The average Bonchev–Trinajstić information content (AvgIpc) is 3.26. The van der Waals surface area contributed by atoms with Crippen LogP contribution in [0.4, 0.5) is 4.79 Å². The van der Waals surface area contributed by atoms with Crippen molar-refractivity contribution in [3.63, 3.8) is 0 Å². The van der Waals surface area contributed by atoms with Gasteiger partial charge in [0.1, 0.15) is 0 Å². The molecule has 0 fully saturated rings. The number of benzene rings is 6. The van der Waals surface area contributed by atoms with Gasteiger partial charge in [-0.1, -0.05) is 111 Å². The van der Waals surface area contributed by atoms with Gasteiger partial charge in [0.15, 0.2) is 11.5 Å². The second-order valence-electron chi connectivity index (χ2n) is 12.7. The number of hydrogen-bond donors (Lipinski definition) is 0. The molecule has 0 bridgehead atoms. The molecule has 0 amide bonds. The molecule has 0 aliphatic carbocycles. The minimum atomic E-state index is -1.20. The Morgan fingerprint density at radius 1 is 0.403 bits per heavy atom. The fourth-order valence-electron chi connectivity index (χ4n) is 5.39. The summed E-state index contributed by atoms with van der Waals surface area (Å²) in [5, 5.41) is 0. The van der Waals surface area contributed by atoms with Gasteiger partial charge in [-0.3, -0.25) is 0 Å². The first-order valence-corrected chi connectivity index (χ1v) is 21.9. The number of carbonyl (C=O) groups is 3. The van der Waals surface area contributed by atoms with Crippen LogP contribution >= 0.6 is 63.7 Å². The normalized spacial score (nSPS) is 9.90. The van der Waals surface area contributed by atoms with Crippen LogP contribution in [-0.2, 0) is 9.47 Å². The van der Waals surface area contributed by atoms with E-state index in [9.17, 15) is 14.4 Å². The third kappa shape index (κ3) is 12.9. The van der Waals surface area contributed by atoms with Crippen molar-refractivity contribution in [2.45, 2.75) is 13.8 Å². The van der Waals surface area contributed by atoms with Crippen molar-refractivity contribution >= 4 is 81.8 Å². The molecule has 62 heavy (non-hydrogen) atoms. The van der Waals surface area contributed by atoms with Crippen molar-refractivity contribution in [2.24, 2.45) is 0 Å². The summed E-state index contributed by atoms with van der Waals surface area (Å²) >= 11 is 13.8. The molecule has 0 N–H and O–H groups in total. The van der Waals surface area contributed by atoms with Crippen LogP contribution < -0.4 is 9.47 Å². The van der Waals surface area contributed by atoms with E-state index in [1.807, 2.05) is 97.1 Å². The van der Waals surface area contributed by atoms with E-state index in [0.29, 0.717) is 22.3 Å². The smallest absolute Gasteiger partial charge is 0.462 e. The summed E-state index contributed by atoms with van der Waals surface area (Å²) in [5.74, 6) is 23.2. The summed E-state index contributed by atoms with van der Waals surface area (Å²) in [7, 11) is 0. The Bertz CT molecular complexity index is 2540. The van der Waals surface area contributed by atoms with Crippen molar-refractivity contribution in [1.29, 1.82) is 0 Å². The topological polar surface area (TPSA) is 88.1 Å². The number of halogens is 4. The van der Waals surface area contributed by atoms with Gasteiger partial charge in [-0.2, -0.15) is 0 Å². The number of esters is 2. The molecule has 7 nitrogen and oxygen atoms in total. The van der Waals surface area contributed by atoms with Crippen LogP contribution in [-0.4, -0.2) is 31.3 Å². The van der Waals surface area contributed by atoms with Gasteiger partial charge >= 0.3 is 18.1 Å². The zero-order valence-electron chi connectivity index (χ0n) is 32.8. The maximum atomic E-state index is 14.2. The number of hydrogen-bond acceptors (Lipinski definition) is 7. The van der Waals surface area contributed by atoms with E-state index in [1.54, 1.807) is 13.8 Å². The minimum Gasteiger partial charge on any atom is -0.462 e. The van der Waals surface area contributed by atoms with Gasteiger partial charge in [0, 0.05) is 40.1 Å². The van der Waals surface area contributed by atoms with E-state index in [4.69, 9.17) is 18.9 Å². The quantitative estimate of drug-likeness (QED) is 0.0933. The molecule has 0 spiro atoms. The van der Waals surface area contributed by atoms with Gasteiger partial charge < -0.3 is 18.9 Å². The van der Waals surface area contributed by atoms with Crippen LogP contribution in [0, 0.1) is 47.4 Å². The van der Waals surface area contributed by atoms with Crippen LogP contribution in [0.5, 0.6) is 11.5 Å². The van der Waals surface area contributed by atoms with Crippen molar-refractivity contribution in [1.82, 2.24) is 0 Å². The van der Waals surface area contributed by atoms with Crippen LogP contribution in [0.3, 0.4) is 0 Å². The van der Waals surface area contributed by atoms with Crippen molar-refractivity contribution in [3.05, 3.63) is 195 Å². The van der Waals surface area contributed by atoms with Crippen LogP contribution in [0.25, 0.3) is 0 Å². The molecule has 304 valence electrons. The first-order chi connectivity index (χ1) is 30.0. The molecule has 11 heteroatoms. The summed E-state index contributed by atoms with van der Waals surface area (Å²) < 4.78 is 26.2. The third-order valence-electron chi connectivity index (χ3n) is 8.31. The Balaban J connectivity index is 1.52. The van der Waals surface area contributed by atoms with Crippen LogP contribution in [0.1, 0.15) is 79.1 Å². The largest absolute Gasteiger partial charge is 0.519 e. The van der Waals surface area contributed by atoms with Gasteiger partial charge in [0.25, 0.3) is 0 Å². The summed E-state index contributed by atoms with van der Waals surface area (Å²) in [4.78, 5) is 40.6. The van der Waals surface area contributed by atoms with E-state index in [1.165, 1.54) is 24.3 Å². The highest BCUT2D eigenvalue weighted by molar-refractivity contribution is 9.11. The third-order valence-corrected chi connectivity index (χ3v) is 10.4. The molecule has 6 rings (SSSR count). The first-order valence-electron chi connectivity index (χ1n) is 18.7. The summed E-state index contributed by atoms with van der Waals surface area (Å²) in [6.45, 7) is 3.64. The zero-order valence-corrected chi connectivity index (χ0v) is 39.2. The lowest BCUT2D eigenvalue weighted by Gasteiger charge is -2.14. The van der Waals surface area contributed by atoms with E-state index < -0.39 is 18.1 Å². The summed E-state index contributed by atoms with van der Waals surface area (Å²) in [6.07, 6.45) is -1.20. The molecule has 0 atom stereocenters. The Labute approximate surface area is 393 Å². The van der Waals surface area contributed by atoms with Crippen molar-refractivity contribution in [2.75, 3.05) is 13.2 Å². The molecular formula is C51H30Br4O7. The second kappa shape index (κ2) is 22.0. The van der Waals surface area contributed by atoms with E-state index in [2.05, 4.69) is 111 Å². The Morgan fingerprint density at radius 3 is 0.871 bits per heavy atom. The molecule has 6 aromatic rings. The lowest BCUT2D eigenvalue weighted by Crippen LogP contribution is -2.18. The molecule has 0 aliphatic rings. The highest BCUT2D eigenvalue weighted by Crippen LogP contribution is 2.30. The van der Waals surface area contributed by atoms with Crippen LogP contribution in [0.15, 0.2) is 139 Å². The fourth-order valence-corrected chi connectivity index (χ4v) is 6.45. The minimum absolute atomic E-state index is 0.0783. The molecule has 0 aliphatic heterocycles. The molecule has 0 unspecified atom stereocenters. The molecule has 0 heterocycles. The van der Waals surface area contributed by atoms with Gasteiger partial charge in [-0.25, -0.2) is 14.4 Å². The Morgan fingerprint density at radius 2 is 0.645 bits per heavy atom. The molecule has 0 saturated heterocycles. The average molecular weight is 1070 g/mol. The maximum absolute atomic E-state index is 14.2. The number of rotatable bonds is 6. The lowest BCUT2D eigenvalue weighted by molar-refractivity contribution is 0.0516. The molecular weight excluding hydrogens is 1040 g/mol. The second-order valence-corrected chi connectivity index (χ2v) is 16.4. The molecule has 0 aromatic heterocycles. The van der Waals surface area contributed by atoms with Gasteiger partial charge in [0.2, 0.25) is 0 Å². The molecule has 0 radical (unpaired) electrons. The highest BCUT2D eigenvalue weighted by Gasteiger charge is 2.23. The van der Waals surface area contributed by atoms with E-state index in [-0.39, 0.29) is 58.1 Å². The van der Waals surface area contributed by atoms with Gasteiger partial charge in [0.05, 0.1) is 46.6 Å². The SMILES string of the molecule is CCOC(=O)c1cc(C#Cc2ccc(Br)cc2)c(OC(=O)Oc2c(C#Cc3ccc(Br)cc3)cc(C(=O)OCC)cc2C#Cc2ccc(Br)cc2)c(C#Cc2ccc(Br)cc2)c1. The van der Waals surface area contributed by atoms with E-state index in [0.717, 1.165) is 17.9 Å². The summed E-state index contributed by atoms with van der Waals surface area (Å²) in [5.41, 5.74) is 3.48. The standard InChI is InChI=1S/C51H30Br4O7/c1-3-59-49(56)41-29-37(17-5-33-9-21-43(52)22-10-33)47(38(30-41)18-6-34-11-23-44(53)24-12-34)61-51(58)62-48-39(19-7-35-13-25-45(54)26-14-35)31-42(50(57)60-4-2)32-40(48)20-8-36-15-27-46(55)28-16-36/h9-16,21-32H,3-4H2,1-2H3. The number of ether oxygens (including phenoxy) is 4. The maximum Gasteiger partial charge on any atom is 0.519 e. The van der Waals surface area contributed by atoms with E-state index >= 15 is 0 Å². The van der Waals surface area contributed by atoms with Crippen LogP contribution in [0.2, 0.25) is 0 Å². The zero-order chi connectivity index (χ0) is 44.0. The monoisotopic (exact) mass is 1070 g/mol. The molecule has 6 aromatic carbocycles. The van der Waals surface area contributed by atoms with Crippen molar-refractivity contribution < 1.29 is 33.3 Å². The summed E-state index contributed by atoms with van der Waals surface area (Å²) in [6, 6.07) is 35.0. The molecule has 0 saturated carbocycles. The Hall–Kier alpha value is -6.31. The van der Waals surface area contributed by atoms with Crippen molar-refractivity contribution in [3.8, 4) is 58.9 Å². The Kier molecular flexibility index (Phi) is 16.0. The highest BCUT2D eigenvalue weighted by atomic mass is 79.9. The predicted molar refractivity (Wildman–Crippen MR) is 252 cm³/mol. The van der Waals surface area contributed by atoms with Gasteiger partial charge in [-0.15, -0.1) is 0 Å². The fraction of sp³-hybridized carbons (Fsp3) is 0.0784. The predicted octanol–water partition coefficient (Wildman–Crippen LogP) is 12.3. The number of carbonyl (C=O) groups excluding carboxylic acids is 3.